The molecule has 1 aromatic heterocycles. The standard InChI is InChI=1S/C18H20ClN7O3S/c1-7-20-11(8-4-5-10(27)9(19)6-8)15(28)25(7)12-16(29)26-13(14-21-23-24-22-14)18(2,3)30-17(12)26/h4-7,11-13,17,20,27H,1-3H3,(H,21,22,23,24). The Morgan fingerprint density at radius 2 is 2.00 bits per heavy atom. The van der Waals surface area contributed by atoms with Crippen molar-refractivity contribution in [3.8, 4) is 5.75 Å². The number of aromatic amines is 1. The molecule has 1 aromatic carbocycles. The van der Waals surface area contributed by atoms with E-state index in [9.17, 15) is 14.7 Å². The maximum Gasteiger partial charge on any atom is 0.250 e. The summed E-state index contributed by atoms with van der Waals surface area (Å²) in [6.45, 7) is 5.95. The van der Waals surface area contributed by atoms with Crippen molar-refractivity contribution >= 4 is 35.2 Å². The summed E-state index contributed by atoms with van der Waals surface area (Å²) in [7, 11) is 0. The van der Waals surface area contributed by atoms with Crippen LogP contribution in [0, 0.1) is 0 Å². The van der Waals surface area contributed by atoms with E-state index < -0.39 is 12.1 Å². The fraction of sp³-hybridized carbons (Fsp3) is 0.500. The predicted molar refractivity (Wildman–Crippen MR) is 108 cm³/mol. The van der Waals surface area contributed by atoms with Gasteiger partial charge in [-0.15, -0.1) is 16.9 Å². The number of thioether (sulfide) groups is 1. The second-order valence-corrected chi connectivity index (χ2v) is 10.4. The Kier molecular flexibility index (Phi) is 4.28. The molecule has 3 N–H and O–H groups in total. The van der Waals surface area contributed by atoms with E-state index in [-0.39, 0.29) is 44.9 Å². The van der Waals surface area contributed by atoms with Gasteiger partial charge in [0.25, 0.3) is 0 Å². The molecule has 4 heterocycles. The first-order chi connectivity index (χ1) is 14.2. The molecule has 0 spiro atoms. The lowest BCUT2D eigenvalue weighted by molar-refractivity contribution is -0.162. The minimum atomic E-state index is -0.631. The lowest BCUT2D eigenvalue weighted by Crippen LogP contribution is -2.69. The van der Waals surface area contributed by atoms with Crippen LogP contribution in [0.5, 0.6) is 5.75 Å². The molecule has 12 heteroatoms. The second kappa shape index (κ2) is 6.56. The van der Waals surface area contributed by atoms with Gasteiger partial charge in [0.15, 0.2) is 5.82 Å². The summed E-state index contributed by atoms with van der Waals surface area (Å²) >= 11 is 7.66. The second-order valence-electron chi connectivity index (χ2n) is 8.22. The van der Waals surface area contributed by atoms with Gasteiger partial charge in [0, 0.05) is 4.75 Å². The number of amides is 2. The van der Waals surface area contributed by atoms with Crippen molar-refractivity contribution in [3.05, 3.63) is 34.6 Å². The smallest absolute Gasteiger partial charge is 0.250 e. The highest BCUT2D eigenvalue weighted by Gasteiger charge is 2.66. The number of hydrogen-bond donors (Lipinski definition) is 3. The third-order valence-corrected chi connectivity index (χ3v) is 7.82. The molecule has 5 rings (SSSR count). The molecule has 10 nitrogen and oxygen atoms in total. The quantitative estimate of drug-likeness (QED) is 0.596. The molecule has 5 atom stereocenters. The third-order valence-electron chi connectivity index (χ3n) is 5.96. The number of nitrogens with one attached hydrogen (secondary N) is 2. The largest absolute Gasteiger partial charge is 0.506 e. The lowest BCUT2D eigenvalue weighted by Gasteiger charge is -2.48. The van der Waals surface area contributed by atoms with Crippen molar-refractivity contribution in [1.82, 2.24) is 35.7 Å². The first-order valence-corrected chi connectivity index (χ1v) is 10.8. The van der Waals surface area contributed by atoms with Crippen LogP contribution in [-0.2, 0) is 9.59 Å². The molecule has 0 aliphatic carbocycles. The molecule has 0 radical (unpaired) electrons. The van der Waals surface area contributed by atoms with Gasteiger partial charge < -0.3 is 14.9 Å². The average Bonchev–Trinajstić information content (AvgIpc) is 3.36. The van der Waals surface area contributed by atoms with Crippen LogP contribution in [0.25, 0.3) is 0 Å². The SMILES string of the molecule is CC1NC(c2ccc(O)c(Cl)c2)C(=O)N1C1C(=O)N2C1SC(C)(C)C2c1nnn[nH]1. The highest BCUT2D eigenvalue weighted by Crippen LogP contribution is 2.58. The number of β-lactam (4-membered cyclic amide) rings is 1. The van der Waals surface area contributed by atoms with Crippen LogP contribution < -0.4 is 5.32 Å². The molecule has 0 saturated carbocycles. The van der Waals surface area contributed by atoms with Gasteiger partial charge in [-0.3, -0.25) is 14.9 Å². The summed E-state index contributed by atoms with van der Waals surface area (Å²) < 4.78 is -0.320. The van der Waals surface area contributed by atoms with Gasteiger partial charge in [-0.2, -0.15) is 0 Å². The maximum absolute atomic E-state index is 13.3. The number of tetrazole rings is 1. The topological polar surface area (TPSA) is 127 Å². The van der Waals surface area contributed by atoms with Crippen LogP contribution in [0.15, 0.2) is 18.2 Å². The number of benzene rings is 1. The summed E-state index contributed by atoms with van der Waals surface area (Å²) in [5.41, 5.74) is 0.644. The summed E-state index contributed by atoms with van der Waals surface area (Å²) in [4.78, 5) is 29.9. The fourth-order valence-corrected chi connectivity index (χ4v) is 6.51. The summed E-state index contributed by atoms with van der Waals surface area (Å²) in [6.07, 6.45) is -0.333. The van der Waals surface area contributed by atoms with E-state index in [0.717, 1.165) is 0 Å². The zero-order valence-electron chi connectivity index (χ0n) is 16.4. The Hall–Kier alpha value is -2.37. The number of H-pyrrole nitrogens is 1. The Morgan fingerprint density at radius 3 is 2.67 bits per heavy atom. The number of fused-ring (bicyclic) bond motifs is 1. The van der Waals surface area contributed by atoms with Crippen LogP contribution in [-0.4, -0.2) is 69.7 Å². The Bertz CT molecular complexity index is 1030. The molecule has 3 aliphatic heterocycles. The van der Waals surface area contributed by atoms with Crippen molar-refractivity contribution < 1.29 is 14.7 Å². The van der Waals surface area contributed by atoms with Gasteiger partial charge in [0.05, 0.1) is 11.2 Å². The Balaban J connectivity index is 1.42. The first kappa shape index (κ1) is 19.6. The van der Waals surface area contributed by atoms with Gasteiger partial charge in [0.1, 0.15) is 29.2 Å². The van der Waals surface area contributed by atoms with E-state index in [4.69, 9.17) is 11.6 Å². The van der Waals surface area contributed by atoms with E-state index in [2.05, 4.69) is 25.9 Å². The zero-order valence-corrected chi connectivity index (χ0v) is 18.0. The molecular weight excluding hydrogens is 430 g/mol. The van der Waals surface area contributed by atoms with E-state index in [0.29, 0.717) is 11.4 Å². The number of phenols is 1. The minimum absolute atomic E-state index is 0.0434. The maximum atomic E-state index is 13.3. The van der Waals surface area contributed by atoms with E-state index in [1.807, 2.05) is 20.8 Å². The van der Waals surface area contributed by atoms with Crippen LogP contribution in [0.3, 0.4) is 0 Å². The number of nitrogens with zero attached hydrogens (tertiary/aromatic N) is 5. The molecule has 3 fully saturated rings. The molecule has 158 valence electrons. The summed E-state index contributed by atoms with van der Waals surface area (Å²) in [5, 5.41) is 27.0. The van der Waals surface area contributed by atoms with Gasteiger partial charge in [-0.1, -0.05) is 17.7 Å². The Labute approximate surface area is 181 Å². The van der Waals surface area contributed by atoms with Gasteiger partial charge in [0.2, 0.25) is 11.8 Å². The third kappa shape index (κ3) is 2.65. The number of carbonyl (C=O) groups excluding carboxylic acids is 2. The molecule has 5 unspecified atom stereocenters. The monoisotopic (exact) mass is 449 g/mol. The van der Waals surface area contributed by atoms with Crippen molar-refractivity contribution in [2.75, 3.05) is 0 Å². The van der Waals surface area contributed by atoms with Gasteiger partial charge in [-0.25, -0.2) is 5.10 Å². The summed E-state index contributed by atoms with van der Waals surface area (Å²) in [6, 6.07) is 3.19. The number of rotatable bonds is 3. The zero-order chi connectivity index (χ0) is 21.4. The van der Waals surface area contributed by atoms with Gasteiger partial charge >= 0.3 is 0 Å². The van der Waals surface area contributed by atoms with Crippen molar-refractivity contribution in [2.24, 2.45) is 0 Å². The average molecular weight is 450 g/mol. The predicted octanol–water partition coefficient (Wildman–Crippen LogP) is 1.18. The van der Waals surface area contributed by atoms with Crippen LogP contribution in [0.1, 0.15) is 44.2 Å². The van der Waals surface area contributed by atoms with Crippen LogP contribution >= 0.6 is 23.4 Å². The van der Waals surface area contributed by atoms with Gasteiger partial charge in [-0.05, 0) is 48.9 Å². The number of carbonyl (C=O) groups is 2. The highest BCUT2D eigenvalue weighted by atomic mass is 35.5. The summed E-state index contributed by atoms with van der Waals surface area (Å²) in [5.74, 6) is 0.187. The molecule has 2 aromatic rings. The Morgan fingerprint density at radius 1 is 1.23 bits per heavy atom. The minimum Gasteiger partial charge on any atom is -0.506 e. The normalized spacial score (nSPS) is 32.5. The number of aromatic nitrogens is 4. The number of hydrogen-bond acceptors (Lipinski definition) is 8. The van der Waals surface area contributed by atoms with E-state index in [1.54, 1.807) is 33.7 Å². The molecular formula is C18H20ClN7O3S. The van der Waals surface area contributed by atoms with E-state index >= 15 is 0 Å². The highest BCUT2D eigenvalue weighted by molar-refractivity contribution is 8.01. The lowest BCUT2D eigenvalue weighted by atomic mass is 9.94. The van der Waals surface area contributed by atoms with E-state index in [1.165, 1.54) is 6.07 Å². The number of aromatic hydroxyl groups is 1. The molecule has 3 aliphatic rings. The molecule has 30 heavy (non-hydrogen) atoms. The molecule has 3 saturated heterocycles. The van der Waals surface area contributed by atoms with Crippen LogP contribution in [0.2, 0.25) is 5.02 Å². The van der Waals surface area contributed by atoms with Crippen molar-refractivity contribution in [3.63, 3.8) is 0 Å². The van der Waals surface area contributed by atoms with Crippen molar-refractivity contribution in [1.29, 1.82) is 0 Å². The first-order valence-electron chi connectivity index (χ1n) is 9.51. The van der Waals surface area contributed by atoms with Crippen molar-refractivity contribution in [2.45, 2.75) is 55.2 Å². The fourth-order valence-electron chi connectivity index (χ4n) is 4.63. The number of phenolic OH excluding ortho intramolecular Hbond substituents is 1. The molecule has 0 bridgehead atoms. The number of halogens is 1. The molecule has 2 amide bonds. The van der Waals surface area contributed by atoms with Crippen LogP contribution in [0.4, 0.5) is 0 Å².